The van der Waals surface area contributed by atoms with Gasteiger partial charge in [-0.15, -0.1) is 0 Å². The van der Waals surface area contributed by atoms with Gasteiger partial charge >= 0.3 is 11.4 Å². The van der Waals surface area contributed by atoms with Gasteiger partial charge in [0.25, 0.3) is 11.8 Å². The number of carbonyl (C=O) groups is 4. The average Bonchev–Trinajstić information content (AvgIpc) is 3.57. The number of para-hydroxylation sites is 2. The van der Waals surface area contributed by atoms with E-state index in [1.807, 2.05) is 0 Å². The molecule has 44 heavy (non-hydrogen) atoms. The van der Waals surface area contributed by atoms with Gasteiger partial charge in [0.15, 0.2) is 0 Å². The molecule has 2 aromatic carbocycles. The van der Waals surface area contributed by atoms with Crippen molar-refractivity contribution in [2.45, 2.75) is 37.8 Å². The number of carbonyl (C=O) groups excluding carboxylic acids is 4. The molecule has 2 N–H and O–H groups in total. The smallest absolute Gasteiger partial charge is 0.311 e. The molecule has 4 fully saturated rings. The molecular weight excluding hydrogens is 580 g/mol. The molecule has 2 unspecified atom stereocenters. The monoisotopic (exact) mass is 610 g/mol. The highest BCUT2D eigenvalue weighted by atomic mass is 16.6. The molecule has 0 saturated carbocycles. The lowest BCUT2D eigenvalue weighted by molar-refractivity contribution is -0.386. The van der Waals surface area contributed by atoms with Crippen molar-refractivity contribution < 1.29 is 39.2 Å². The largest absolute Gasteiger partial charge is 0.502 e. The van der Waals surface area contributed by atoms with Crippen molar-refractivity contribution in [3.63, 3.8) is 0 Å². The summed E-state index contributed by atoms with van der Waals surface area (Å²) in [6.45, 7) is 2.45. The fourth-order valence-electron chi connectivity index (χ4n) is 6.14. The van der Waals surface area contributed by atoms with E-state index in [1.165, 1.54) is 24.3 Å². The number of nitro benzene ring substituents is 2. The van der Waals surface area contributed by atoms with Gasteiger partial charge in [0, 0.05) is 76.3 Å². The summed E-state index contributed by atoms with van der Waals surface area (Å²) in [5, 5.41) is 41.5. The van der Waals surface area contributed by atoms with Gasteiger partial charge in [0.05, 0.1) is 21.0 Å². The average molecular weight is 611 g/mol. The Morgan fingerprint density at radius 2 is 1.07 bits per heavy atom. The number of benzene rings is 2. The second-order valence-corrected chi connectivity index (χ2v) is 10.9. The summed E-state index contributed by atoms with van der Waals surface area (Å²) in [5.41, 5.74) is -1.12. The molecule has 0 bridgehead atoms. The number of fused-ring (bicyclic) bond motifs is 2. The minimum absolute atomic E-state index is 0.00559. The molecule has 16 heteroatoms. The number of aromatic hydroxyl groups is 2. The van der Waals surface area contributed by atoms with Crippen LogP contribution in [0.5, 0.6) is 11.5 Å². The standard InChI is InChI=1S/2C14H15N3O5/c2*18-12-5-4-9-8-15(6-7-16(9)12)14(20)10-2-1-3-11(13(10)19)17(21)22/h2*1-3,9,19H,4-8H2. The van der Waals surface area contributed by atoms with Gasteiger partial charge in [0.1, 0.15) is 0 Å². The lowest BCUT2D eigenvalue weighted by Gasteiger charge is -2.37. The number of hydrogen-bond donors (Lipinski definition) is 2. The molecule has 6 rings (SSSR count). The lowest BCUT2D eigenvalue weighted by Crippen LogP contribution is -2.53. The number of phenols is 2. The zero-order chi connectivity index (χ0) is 31.7. The highest BCUT2D eigenvalue weighted by Crippen LogP contribution is 2.33. The summed E-state index contributed by atoms with van der Waals surface area (Å²) in [6.07, 6.45) is 2.41. The third kappa shape index (κ3) is 5.69. The van der Waals surface area contributed by atoms with Crippen LogP contribution < -0.4 is 0 Å². The van der Waals surface area contributed by atoms with Crippen molar-refractivity contribution in [1.82, 2.24) is 19.6 Å². The van der Waals surface area contributed by atoms with E-state index in [4.69, 9.17) is 0 Å². The van der Waals surface area contributed by atoms with Gasteiger partial charge in [-0.25, -0.2) is 0 Å². The van der Waals surface area contributed by atoms with Crippen LogP contribution in [0.1, 0.15) is 46.4 Å². The van der Waals surface area contributed by atoms with Crippen LogP contribution in [0, 0.1) is 20.2 Å². The quantitative estimate of drug-likeness (QED) is 0.376. The van der Waals surface area contributed by atoms with Crippen molar-refractivity contribution in [2.24, 2.45) is 0 Å². The van der Waals surface area contributed by atoms with Crippen LogP contribution >= 0.6 is 0 Å². The van der Waals surface area contributed by atoms with Crippen LogP contribution in [-0.2, 0) is 9.59 Å². The Morgan fingerprint density at radius 1 is 0.682 bits per heavy atom. The third-order valence-corrected chi connectivity index (χ3v) is 8.45. The van der Waals surface area contributed by atoms with Gasteiger partial charge in [0.2, 0.25) is 23.3 Å². The van der Waals surface area contributed by atoms with Crippen LogP contribution in [0.15, 0.2) is 36.4 Å². The molecule has 0 aliphatic carbocycles. The summed E-state index contributed by atoms with van der Waals surface area (Å²) >= 11 is 0. The minimum Gasteiger partial charge on any atom is -0.502 e. The van der Waals surface area contributed by atoms with Crippen molar-refractivity contribution in [2.75, 3.05) is 39.3 Å². The predicted octanol–water partition coefficient (Wildman–Crippen LogP) is 1.49. The van der Waals surface area contributed by atoms with Crippen molar-refractivity contribution in [3.8, 4) is 11.5 Å². The number of hydrogen-bond acceptors (Lipinski definition) is 10. The SMILES string of the molecule is O=C(c1cccc([N+](=O)[O-])c1O)N1CCN2C(=O)CCC2C1.O=C(c1cccc([N+](=O)[O-])c1O)N1CCN2C(=O)CCC2C1. The van der Waals surface area contributed by atoms with Gasteiger partial charge in [-0.2, -0.15) is 0 Å². The van der Waals surface area contributed by atoms with Gasteiger partial charge in [-0.1, -0.05) is 12.1 Å². The first kappa shape index (κ1) is 30.2. The van der Waals surface area contributed by atoms with Crippen LogP contribution in [-0.4, -0.2) is 115 Å². The van der Waals surface area contributed by atoms with E-state index in [2.05, 4.69) is 0 Å². The highest BCUT2D eigenvalue weighted by molar-refractivity contribution is 5.99. The number of phenolic OH excluding ortho intramolecular Hbond substituents is 2. The molecule has 16 nitrogen and oxygen atoms in total. The molecule has 0 aromatic heterocycles. The number of nitrogens with zero attached hydrogens (tertiary/aromatic N) is 6. The maximum Gasteiger partial charge on any atom is 0.311 e. The topological polar surface area (TPSA) is 208 Å². The Bertz CT molecular complexity index is 1430. The minimum atomic E-state index is -0.723. The Labute approximate surface area is 250 Å². The van der Waals surface area contributed by atoms with E-state index in [0.717, 1.165) is 12.1 Å². The van der Waals surface area contributed by atoms with Gasteiger partial charge < -0.3 is 29.8 Å². The summed E-state index contributed by atoms with van der Waals surface area (Å²) in [6, 6.07) is 7.81. The molecule has 232 valence electrons. The van der Waals surface area contributed by atoms with E-state index in [-0.39, 0.29) is 35.0 Å². The Morgan fingerprint density at radius 3 is 1.43 bits per heavy atom. The number of nitro groups is 2. The maximum absolute atomic E-state index is 12.5. The molecule has 2 aromatic rings. The van der Waals surface area contributed by atoms with E-state index < -0.39 is 44.5 Å². The lowest BCUT2D eigenvalue weighted by atomic mass is 10.1. The van der Waals surface area contributed by atoms with Crippen LogP contribution in [0.4, 0.5) is 11.4 Å². The molecule has 0 spiro atoms. The van der Waals surface area contributed by atoms with Crippen molar-refractivity contribution in [1.29, 1.82) is 0 Å². The van der Waals surface area contributed by atoms with Crippen molar-refractivity contribution in [3.05, 3.63) is 67.8 Å². The van der Waals surface area contributed by atoms with Crippen LogP contribution in [0.3, 0.4) is 0 Å². The van der Waals surface area contributed by atoms with Gasteiger partial charge in [-0.3, -0.25) is 39.4 Å². The number of piperazine rings is 2. The summed E-state index contributed by atoms with van der Waals surface area (Å²) in [7, 11) is 0. The maximum atomic E-state index is 12.5. The highest BCUT2D eigenvalue weighted by Gasteiger charge is 2.39. The summed E-state index contributed by atoms with van der Waals surface area (Å²) in [4.78, 5) is 75.1. The normalized spacial score (nSPS) is 20.9. The fourth-order valence-corrected chi connectivity index (χ4v) is 6.14. The first-order chi connectivity index (χ1) is 21.0. The Hall–Kier alpha value is -5.28. The van der Waals surface area contributed by atoms with Gasteiger partial charge in [-0.05, 0) is 25.0 Å². The summed E-state index contributed by atoms with van der Waals surface area (Å²) < 4.78 is 0. The zero-order valence-electron chi connectivity index (χ0n) is 23.5. The Kier molecular flexibility index (Phi) is 8.33. The van der Waals surface area contributed by atoms with E-state index >= 15 is 0 Å². The molecule has 4 saturated heterocycles. The van der Waals surface area contributed by atoms with E-state index in [1.54, 1.807) is 19.6 Å². The number of amides is 4. The van der Waals surface area contributed by atoms with Crippen molar-refractivity contribution >= 4 is 35.0 Å². The third-order valence-electron chi connectivity index (χ3n) is 8.45. The molecule has 4 aliphatic rings. The fraction of sp³-hybridized carbons (Fsp3) is 0.429. The summed E-state index contributed by atoms with van der Waals surface area (Å²) in [5.74, 6) is -1.89. The molecule has 0 radical (unpaired) electrons. The zero-order valence-corrected chi connectivity index (χ0v) is 23.5. The molecular formula is C28H30N6O10. The first-order valence-corrected chi connectivity index (χ1v) is 14.1. The second-order valence-electron chi connectivity index (χ2n) is 10.9. The second kappa shape index (κ2) is 12.1. The number of rotatable bonds is 4. The Balaban J connectivity index is 0.000000175. The molecule has 4 heterocycles. The predicted molar refractivity (Wildman–Crippen MR) is 151 cm³/mol. The molecule has 4 aliphatic heterocycles. The van der Waals surface area contributed by atoms with E-state index in [0.29, 0.717) is 65.0 Å². The van der Waals surface area contributed by atoms with Crippen LogP contribution in [0.2, 0.25) is 0 Å². The first-order valence-electron chi connectivity index (χ1n) is 14.1. The molecule has 2 atom stereocenters. The molecule has 4 amide bonds. The van der Waals surface area contributed by atoms with E-state index in [9.17, 15) is 49.6 Å². The van der Waals surface area contributed by atoms with Crippen LogP contribution in [0.25, 0.3) is 0 Å².